The van der Waals surface area contributed by atoms with Gasteiger partial charge in [0, 0.05) is 24.5 Å². The smallest absolute Gasteiger partial charge is 0.337 e. The van der Waals surface area contributed by atoms with Gasteiger partial charge in [0.05, 0.1) is 31.9 Å². The molecule has 4 aromatic carbocycles. The lowest BCUT2D eigenvalue weighted by molar-refractivity contribution is 0.0592. The molecule has 41 heavy (non-hydrogen) atoms. The molecule has 0 radical (unpaired) electrons. The van der Waals surface area contributed by atoms with E-state index in [2.05, 4.69) is 20.1 Å². The van der Waals surface area contributed by atoms with E-state index in [4.69, 9.17) is 0 Å². The van der Waals surface area contributed by atoms with Crippen molar-refractivity contribution in [3.8, 4) is 0 Å². The summed E-state index contributed by atoms with van der Waals surface area (Å²) in [5.41, 5.74) is 4.99. The van der Waals surface area contributed by atoms with Crippen molar-refractivity contribution in [1.29, 1.82) is 0 Å². The summed E-state index contributed by atoms with van der Waals surface area (Å²) in [7, 11) is 2.73. The van der Waals surface area contributed by atoms with E-state index in [0.29, 0.717) is 24.2 Å². The van der Waals surface area contributed by atoms with Crippen LogP contribution in [0, 0.1) is 0 Å². The highest BCUT2D eigenvalue weighted by atomic mass is 16.5. The number of urea groups is 1. The number of nitrogens with zero attached hydrogens (tertiary/aromatic N) is 1. The minimum Gasteiger partial charge on any atom is -0.465 e. The number of benzene rings is 4. The van der Waals surface area contributed by atoms with Gasteiger partial charge in [0.25, 0.3) is 0 Å². The maximum absolute atomic E-state index is 12.3. The fourth-order valence-corrected chi connectivity index (χ4v) is 3.82. The van der Waals surface area contributed by atoms with Crippen molar-refractivity contribution in [2.45, 2.75) is 20.0 Å². The van der Waals surface area contributed by atoms with Crippen molar-refractivity contribution < 1.29 is 23.9 Å². The van der Waals surface area contributed by atoms with Gasteiger partial charge in [-0.2, -0.15) is 0 Å². The number of carbonyl (C=O) groups excluding carboxylic acids is 3. The molecule has 2 N–H and O–H groups in total. The van der Waals surface area contributed by atoms with Crippen LogP contribution in [0.25, 0.3) is 0 Å². The molecule has 0 saturated heterocycles. The molecule has 0 aliphatic carbocycles. The minimum atomic E-state index is -0.375. The average Bonchev–Trinajstić information content (AvgIpc) is 3.03. The third-order valence-electron chi connectivity index (χ3n) is 6.00. The number of amides is 2. The first-order valence-corrected chi connectivity index (χ1v) is 13.2. The minimum absolute atomic E-state index is 0.157. The molecule has 8 nitrogen and oxygen atoms in total. The van der Waals surface area contributed by atoms with Gasteiger partial charge < -0.3 is 20.1 Å². The highest BCUT2D eigenvalue weighted by molar-refractivity contribution is 5.92. The number of esters is 2. The number of hydrogen-bond donors (Lipinski definition) is 2. The van der Waals surface area contributed by atoms with Gasteiger partial charge in [-0.15, -0.1) is 0 Å². The van der Waals surface area contributed by atoms with Gasteiger partial charge in [0.1, 0.15) is 0 Å². The molecule has 0 aromatic heterocycles. The van der Waals surface area contributed by atoms with Crippen LogP contribution in [0.15, 0.2) is 109 Å². The third-order valence-corrected chi connectivity index (χ3v) is 6.00. The number of hydrogen-bond acceptors (Lipinski definition) is 6. The molecule has 4 rings (SSSR count). The predicted octanol–water partition coefficient (Wildman–Crippen LogP) is 6.29. The molecular weight excluding hydrogens is 518 g/mol. The number of carbonyl (C=O) groups is 3. The first kappa shape index (κ1) is 30.4. The van der Waals surface area contributed by atoms with Gasteiger partial charge in [-0.25, -0.2) is 14.4 Å². The van der Waals surface area contributed by atoms with Crippen molar-refractivity contribution in [3.63, 3.8) is 0 Å². The van der Waals surface area contributed by atoms with Crippen LogP contribution < -0.4 is 15.5 Å². The first-order chi connectivity index (χ1) is 19.9. The molecule has 2 amide bonds. The molecule has 0 fully saturated rings. The Balaban J connectivity index is 0.000000232. The second-order valence-corrected chi connectivity index (χ2v) is 8.85. The fraction of sp³-hybridized carbons (Fsp3) is 0.182. The zero-order valence-corrected chi connectivity index (χ0v) is 23.5. The Kier molecular flexibility index (Phi) is 11.9. The van der Waals surface area contributed by atoms with E-state index in [9.17, 15) is 14.4 Å². The van der Waals surface area contributed by atoms with E-state index in [1.54, 1.807) is 29.2 Å². The molecule has 8 heteroatoms. The molecule has 0 unspecified atom stereocenters. The Labute approximate surface area is 240 Å². The maximum atomic E-state index is 12.3. The largest absolute Gasteiger partial charge is 0.465 e. The Morgan fingerprint density at radius 3 is 1.63 bits per heavy atom. The second-order valence-electron chi connectivity index (χ2n) is 8.85. The summed E-state index contributed by atoms with van der Waals surface area (Å²) in [6.45, 7) is 3.58. The van der Waals surface area contributed by atoms with Gasteiger partial charge in [-0.05, 0) is 66.6 Å². The fourth-order valence-electron chi connectivity index (χ4n) is 3.82. The van der Waals surface area contributed by atoms with E-state index in [1.165, 1.54) is 14.2 Å². The summed E-state index contributed by atoms with van der Waals surface area (Å²) < 4.78 is 9.33. The molecule has 0 bridgehead atoms. The number of ether oxygens (including phenoxy) is 2. The summed E-state index contributed by atoms with van der Waals surface area (Å²) in [5.74, 6) is -0.683. The van der Waals surface area contributed by atoms with Crippen LogP contribution in [0.2, 0.25) is 0 Å². The summed E-state index contributed by atoms with van der Waals surface area (Å²) in [6.07, 6.45) is 0. The number of para-hydroxylation sites is 2. The summed E-state index contributed by atoms with van der Waals surface area (Å²) in [5, 5.41) is 6.12. The van der Waals surface area contributed by atoms with Crippen LogP contribution in [0.1, 0.15) is 38.8 Å². The van der Waals surface area contributed by atoms with Crippen molar-refractivity contribution >= 4 is 29.3 Å². The number of rotatable bonds is 9. The quantitative estimate of drug-likeness (QED) is 0.236. The van der Waals surface area contributed by atoms with Crippen LogP contribution in [-0.4, -0.2) is 38.7 Å². The highest BCUT2D eigenvalue weighted by Crippen LogP contribution is 2.18. The van der Waals surface area contributed by atoms with Gasteiger partial charge in [0.2, 0.25) is 0 Å². The van der Waals surface area contributed by atoms with Crippen LogP contribution in [-0.2, 0) is 22.6 Å². The van der Waals surface area contributed by atoms with Crippen LogP contribution in [0.4, 0.5) is 16.2 Å². The molecule has 0 atom stereocenters. The summed E-state index contributed by atoms with van der Waals surface area (Å²) in [4.78, 5) is 36.7. The maximum Gasteiger partial charge on any atom is 0.337 e. The van der Waals surface area contributed by atoms with Crippen LogP contribution >= 0.6 is 0 Å². The van der Waals surface area contributed by atoms with Crippen LogP contribution in [0.3, 0.4) is 0 Å². The standard InChI is InChI=1S/C18H20N2O3.C15H15NO2/c1-3-19-18(22)20(16-7-5-4-6-8-16)13-14-9-11-15(12-10-14)17(21)23-2;1-18-15(17)13-9-7-12(8-10-13)11-16-14-5-3-2-4-6-14/h4-12H,3,13H2,1-2H3,(H,19,22);2-10,16H,11H2,1H3. The Morgan fingerprint density at radius 2 is 1.15 bits per heavy atom. The van der Waals surface area contributed by atoms with Gasteiger partial charge >= 0.3 is 18.0 Å². The molecule has 0 aliphatic heterocycles. The number of methoxy groups -OCH3 is 2. The number of nitrogens with one attached hydrogen (secondary N) is 2. The zero-order valence-electron chi connectivity index (χ0n) is 23.5. The Hall–Kier alpha value is -5.11. The van der Waals surface area contributed by atoms with E-state index in [1.807, 2.05) is 91.9 Å². The molecule has 0 aliphatic rings. The third kappa shape index (κ3) is 9.54. The Bertz CT molecular complexity index is 1380. The van der Waals surface area contributed by atoms with E-state index < -0.39 is 0 Å². The number of anilines is 2. The van der Waals surface area contributed by atoms with Crippen molar-refractivity contribution in [2.75, 3.05) is 31.0 Å². The lowest BCUT2D eigenvalue weighted by Gasteiger charge is -2.23. The van der Waals surface area contributed by atoms with Crippen molar-refractivity contribution in [3.05, 3.63) is 131 Å². The van der Waals surface area contributed by atoms with E-state index in [0.717, 1.165) is 29.0 Å². The topological polar surface area (TPSA) is 97.0 Å². The summed E-state index contributed by atoms with van der Waals surface area (Å²) >= 11 is 0. The Morgan fingerprint density at radius 1 is 0.659 bits per heavy atom. The molecule has 212 valence electrons. The molecule has 0 heterocycles. The normalized spacial score (nSPS) is 9.93. The van der Waals surface area contributed by atoms with E-state index in [-0.39, 0.29) is 18.0 Å². The lowest BCUT2D eigenvalue weighted by Crippen LogP contribution is -2.39. The first-order valence-electron chi connectivity index (χ1n) is 13.2. The van der Waals surface area contributed by atoms with Gasteiger partial charge in [-0.3, -0.25) is 4.90 Å². The lowest BCUT2D eigenvalue weighted by atomic mass is 10.1. The molecule has 0 spiro atoms. The summed E-state index contributed by atoms with van der Waals surface area (Å²) in [6, 6.07) is 33.7. The molecule has 0 saturated carbocycles. The predicted molar refractivity (Wildman–Crippen MR) is 161 cm³/mol. The van der Waals surface area contributed by atoms with E-state index >= 15 is 0 Å². The highest BCUT2D eigenvalue weighted by Gasteiger charge is 2.15. The average molecular weight is 554 g/mol. The molecule has 4 aromatic rings. The monoisotopic (exact) mass is 553 g/mol. The second kappa shape index (κ2) is 16.1. The van der Waals surface area contributed by atoms with Crippen LogP contribution in [0.5, 0.6) is 0 Å². The van der Waals surface area contributed by atoms with Crippen molar-refractivity contribution in [2.24, 2.45) is 0 Å². The van der Waals surface area contributed by atoms with Crippen molar-refractivity contribution in [1.82, 2.24) is 5.32 Å². The zero-order chi connectivity index (χ0) is 29.5. The SMILES string of the molecule is CCNC(=O)N(Cc1ccc(C(=O)OC)cc1)c1ccccc1.COC(=O)c1ccc(CNc2ccccc2)cc1. The molecular formula is C33H35N3O5. The van der Waals surface area contributed by atoms with Gasteiger partial charge in [0.15, 0.2) is 0 Å². The van der Waals surface area contributed by atoms with Gasteiger partial charge in [-0.1, -0.05) is 60.7 Å².